The van der Waals surface area contributed by atoms with Crippen LogP contribution in [0.15, 0.2) is 23.2 Å². The number of esters is 1. The number of nitrogens with zero attached hydrogens (tertiary/aromatic N) is 2. The lowest BCUT2D eigenvalue weighted by Gasteiger charge is -2.21. The van der Waals surface area contributed by atoms with E-state index in [1.165, 1.54) is 27.1 Å². The topological polar surface area (TPSA) is 77.1 Å². The molecule has 0 aromatic heterocycles. The summed E-state index contributed by atoms with van der Waals surface area (Å²) in [4.78, 5) is 18.4. The second kappa shape index (κ2) is 10.4. The normalized spacial score (nSPS) is 15.2. The van der Waals surface area contributed by atoms with Crippen molar-refractivity contribution < 1.29 is 14.3 Å². The lowest BCUT2D eigenvalue weighted by Crippen LogP contribution is -2.38. The van der Waals surface area contributed by atoms with Gasteiger partial charge < -0.3 is 20.1 Å². The fraction of sp³-hybridized carbons (Fsp3) is 0.529. The predicted octanol–water partition coefficient (Wildman–Crippen LogP) is 2.79. The van der Waals surface area contributed by atoms with Crippen molar-refractivity contribution in [2.24, 2.45) is 10.7 Å². The highest BCUT2D eigenvalue weighted by Gasteiger charge is 2.14. The van der Waals surface area contributed by atoms with Crippen molar-refractivity contribution in [3.63, 3.8) is 0 Å². The minimum Gasteiger partial charge on any atom is -0.496 e. The maximum atomic E-state index is 11.8. The lowest BCUT2D eigenvalue weighted by atomic mass is 10.1. The smallest absolute Gasteiger partial charge is 0.341 e. The van der Waals surface area contributed by atoms with Gasteiger partial charge in [-0.2, -0.15) is 0 Å². The van der Waals surface area contributed by atoms with E-state index in [0.717, 1.165) is 31.5 Å². The average Bonchev–Trinajstić information content (AvgIpc) is 2.88. The quantitative estimate of drug-likeness (QED) is 0.333. The van der Waals surface area contributed by atoms with Gasteiger partial charge in [0, 0.05) is 13.1 Å². The molecule has 0 amide bonds. The molecule has 1 aliphatic rings. The molecule has 6 nitrogen and oxygen atoms in total. The molecule has 134 valence electrons. The highest BCUT2D eigenvalue weighted by Crippen LogP contribution is 2.21. The van der Waals surface area contributed by atoms with E-state index < -0.39 is 5.97 Å². The van der Waals surface area contributed by atoms with Crippen LogP contribution in [0.5, 0.6) is 5.75 Å². The molecule has 1 aliphatic heterocycles. The van der Waals surface area contributed by atoms with Crippen LogP contribution in [0.25, 0.3) is 0 Å². The van der Waals surface area contributed by atoms with Gasteiger partial charge in [0.1, 0.15) is 11.3 Å². The third-order valence-electron chi connectivity index (χ3n) is 4.02. The molecule has 0 saturated carbocycles. The summed E-state index contributed by atoms with van der Waals surface area (Å²) in [6.45, 7) is 2.35. The number of ether oxygens (including phenoxy) is 2. The van der Waals surface area contributed by atoms with Gasteiger partial charge >= 0.3 is 5.97 Å². The Bertz CT molecular complexity index is 570. The Kier molecular flexibility index (Phi) is 8.88. The molecule has 0 radical (unpaired) electrons. The first kappa shape index (κ1) is 20.5. The molecule has 2 N–H and O–H groups in total. The van der Waals surface area contributed by atoms with Crippen LogP contribution in [0.1, 0.15) is 41.6 Å². The summed E-state index contributed by atoms with van der Waals surface area (Å²) < 4.78 is 9.97. The summed E-state index contributed by atoms with van der Waals surface area (Å²) in [5, 5.41) is 0. The van der Waals surface area contributed by atoms with Gasteiger partial charge in [-0.15, -0.1) is 24.0 Å². The Balaban J connectivity index is 0.00000288. The van der Waals surface area contributed by atoms with Gasteiger partial charge in [-0.25, -0.2) is 9.79 Å². The van der Waals surface area contributed by atoms with Gasteiger partial charge in [-0.05, 0) is 30.5 Å². The Labute approximate surface area is 160 Å². The van der Waals surface area contributed by atoms with Crippen LogP contribution in [-0.2, 0) is 11.3 Å². The number of likely N-dealkylation sites (tertiary alicyclic amines) is 1. The molecule has 7 heteroatoms. The van der Waals surface area contributed by atoms with E-state index >= 15 is 0 Å². The van der Waals surface area contributed by atoms with Gasteiger partial charge in [0.05, 0.1) is 20.8 Å². The van der Waals surface area contributed by atoms with Gasteiger partial charge in [-0.1, -0.05) is 18.9 Å². The summed E-state index contributed by atoms with van der Waals surface area (Å²) in [6.07, 6.45) is 4.83. The number of aliphatic imine (C=N–C) groups is 1. The molecule has 0 bridgehead atoms. The molecular weight excluding hydrogens is 421 g/mol. The van der Waals surface area contributed by atoms with Crippen molar-refractivity contribution in [2.75, 3.05) is 27.3 Å². The van der Waals surface area contributed by atoms with Crippen LogP contribution >= 0.6 is 24.0 Å². The second-order valence-corrected chi connectivity index (χ2v) is 5.60. The third-order valence-corrected chi connectivity index (χ3v) is 4.02. The van der Waals surface area contributed by atoms with E-state index in [-0.39, 0.29) is 24.0 Å². The van der Waals surface area contributed by atoms with Crippen molar-refractivity contribution >= 4 is 35.9 Å². The minimum absolute atomic E-state index is 0. The van der Waals surface area contributed by atoms with Crippen LogP contribution in [0.3, 0.4) is 0 Å². The number of hydrogen-bond acceptors (Lipinski definition) is 4. The van der Waals surface area contributed by atoms with E-state index in [4.69, 9.17) is 15.2 Å². The third kappa shape index (κ3) is 5.54. The largest absolute Gasteiger partial charge is 0.496 e. The molecule has 0 aliphatic carbocycles. The molecule has 24 heavy (non-hydrogen) atoms. The molecule has 1 aromatic carbocycles. The van der Waals surface area contributed by atoms with Crippen molar-refractivity contribution in [2.45, 2.75) is 32.2 Å². The van der Waals surface area contributed by atoms with Gasteiger partial charge in [0.15, 0.2) is 5.96 Å². The molecular formula is C17H26IN3O3. The summed E-state index contributed by atoms with van der Waals surface area (Å²) in [6, 6.07) is 5.37. The van der Waals surface area contributed by atoms with E-state index in [1.54, 1.807) is 12.1 Å². The SMILES string of the molecule is COC(=O)c1cc(CN=C(N)N2CCCCCC2)ccc1OC.I. The van der Waals surface area contributed by atoms with Crippen LogP contribution in [-0.4, -0.2) is 44.1 Å². The highest BCUT2D eigenvalue weighted by atomic mass is 127. The Morgan fingerprint density at radius 3 is 2.46 bits per heavy atom. The summed E-state index contributed by atoms with van der Waals surface area (Å²) in [5.41, 5.74) is 7.40. The maximum absolute atomic E-state index is 11.8. The van der Waals surface area contributed by atoms with E-state index in [9.17, 15) is 4.79 Å². The van der Waals surface area contributed by atoms with Gasteiger partial charge in [0.2, 0.25) is 0 Å². The number of guanidine groups is 1. The number of benzene rings is 1. The van der Waals surface area contributed by atoms with Gasteiger partial charge in [-0.3, -0.25) is 0 Å². The molecule has 2 rings (SSSR count). The summed E-state index contributed by atoms with van der Waals surface area (Å²) >= 11 is 0. The standard InChI is InChI=1S/C17H25N3O3.HI/c1-22-15-8-7-13(11-14(15)16(21)23-2)12-19-17(18)20-9-5-3-4-6-10-20;/h7-8,11H,3-6,9-10,12H2,1-2H3,(H2,18,19);1H. The maximum Gasteiger partial charge on any atom is 0.341 e. The number of halogens is 1. The average molecular weight is 447 g/mol. The first-order valence-corrected chi connectivity index (χ1v) is 7.96. The Morgan fingerprint density at radius 2 is 1.88 bits per heavy atom. The molecule has 0 atom stereocenters. The van der Waals surface area contributed by atoms with E-state index in [1.807, 2.05) is 6.07 Å². The minimum atomic E-state index is -0.423. The number of nitrogens with two attached hydrogens (primary N) is 1. The zero-order valence-electron chi connectivity index (χ0n) is 14.3. The predicted molar refractivity (Wildman–Crippen MR) is 105 cm³/mol. The van der Waals surface area contributed by atoms with Crippen molar-refractivity contribution in [1.82, 2.24) is 4.90 Å². The van der Waals surface area contributed by atoms with Gasteiger partial charge in [0.25, 0.3) is 0 Å². The van der Waals surface area contributed by atoms with Crippen LogP contribution in [0.4, 0.5) is 0 Å². The van der Waals surface area contributed by atoms with Crippen LogP contribution in [0.2, 0.25) is 0 Å². The van der Waals surface area contributed by atoms with Crippen LogP contribution < -0.4 is 10.5 Å². The lowest BCUT2D eigenvalue weighted by molar-refractivity contribution is 0.0597. The number of methoxy groups -OCH3 is 2. The number of carbonyl (C=O) groups is 1. The number of carbonyl (C=O) groups excluding carboxylic acids is 1. The van der Waals surface area contributed by atoms with E-state index in [2.05, 4.69) is 9.89 Å². The second-order valence-electron chi connectivity index (χ2n) is 5.60. The monoisotopic (exact) mass is 447 g/mol. The van der Waals surface area contributed by atoms with Crippen molar-refractivity contribution in [3.05, 3.63) is 29.3 Å². The molecule has 1 saturated heterocycles. The summed E-state index contributed by atoms with van der Waals surface area (Å²) in [7, 11) is 2.88. The Hall–Kier alpha value is -1.51. The van der Waals surface area contributed by atoms with E-state index in [0.29, 0.717) is 23.8 Å². The first-order chi connectivity index (χ1) is 11.2. The summed E-state index contributed by atoms with van der Waals surface area (Å²) in [5.74, 6) is 0.639. The molecule has 0 unspecified atom stereocenters. The van der Waals surface area contributed by atoms with Crippen molar-refractivity contribution in [3.8, 4) is 5.75 Å². The zero-order chi connectivity index (χ0) is 16.7. The zero-order valence-corrected chi connectivity index (χ0v) is 16.6. The molecule has 0 spiro atoms. The van der Waals surface area contributed by atoms with Crippen molar-refractivity contribution in [1.29, 1.82) is 0 Å². The number of hydrogen-bond donors (Lipinski definition) is 1. The Morgan fingerprint density at radius 1 is 1.21 bits per heavy atom. The number of rotatable bonds is 4. The molecule has 1 heterocycles. The highest BCUT2D eigenvalue weighted by molar-refractivity contribution is 14.0. The molecule has 1 fully saturated rings. The molecule has 1 aromatic rings. The fourth-order valence-electron chi connectivity index (χ4n) is 2.70. The van der Waals surface area contributed by atoms with Crippen LogP contribution in [0, 0.1) is 0 Å². The fourth-order valence-corrected chi connectivity index (χ4v) is 2.70. The first-order valence-electron chi connectivity index (χ1n) is 7.96.